The number of carbonyl (C=O) groups is 1. The largest absolute Gasteiger partial charge is 0.490 e. The van der Waals surface area contributed by atoms with Crippen LogP contribution in [0.3, 0.4) is 0 Å². The topological polar surface area (TPSA) is 68.7 Å². The molecular weight excluding hydrogens is 344 g/mol. The van der Waals surface area contributed by atoms with Gasteiger partial charge < -0.3 is 18.6 Å². The fraction of sp³-hybridized carbons (Fsp3) is 0.333. The van der Waals surface area contributed by atoms with Gasteiger partial charge >= 0.3 is 0 Å². The lowest BCUT2D eigenvalue weighted by Crippen LogP contribution is -2.41. The molecule has 0 N–H and O–H groups in total. The van der Waals surface area contributed by atoms with Gasteiger partial charge in [-0.05, 0) is 36.2 Å². The van der Waals surface area contributed by atoms with Crippen LogP contribution in [0.5, 0.6) is 5.75 Å². The second-order valence-corrected chi connectivity index (χ2v) is 6.66. The quantitative estimate of drug-likeness (QED) is 0.677. The van der Waals surface area contributed by atoms with Crippen LogP contribution in [0, 0.1) is 0 Å². The van der Waals surface area contributed by atoms with Crippen molar-refractivity contribution in [3.8, 4) is 17.3 Å². The van der Waals surface area contributed by atoms with Crippen molar-refractivity contribution in [1.82, 2.24) is 10.1 Å². The molecule has 1 aliphatic heterocycles. The molecule has 1 amide bonds. The smallest absolute Gasteiger partial charge is 0.276 e. The summed E-state index contributed by atoms with van der Waals surface area (Å²) in [5.41, 5.74) is 1.56. The van der Waals surface area contributed by atoms with E-state index in [-0.39, 0.29) is 12.0 Å². The van der Waals surface area contributed by atoms with Gasteiger partial charge in [0.15, 0.2) is 11.5 Å². The Hall–Kier alpha value is -3.02. The Morgan fingerprint density at radius 1 is 1.19 bits per heavy atom. The van der Waals surface area contributed by atoms with Crippen LogP contribution in [-0.2, 0) is 6.42 Å². The molecule has 1 fully saturated rings. The first-order valence-corrected chi connectivity index (χ1v) is 9.28. The van der Waals surface area contributed by atoms with E-state index in [1.54, 1.807) is 29.4 Å². The zero-order valence-electron chi connectivity index (χ0n) is 15.3. The van der Waals surface area contributed by atoms with Crippen molar-refractivity contribution in [2.75, 3.05) is 13.1 Å². The second kappa shape index (κ2) is 7.70. The van der Waals surface area contributed by atoms with E-state index in [0.29, 0.717) is 30.3 Å². The molecule has 3 heterocycles. The molecular formula is C21H22N2O4. The number of amides is 1. The van der Waals surface area contributed by atoms with Gasteiger partial charge in [0.2, 0.25) is 5.76 Å². The number of piperidine rings is 1. The minimum Gasteiger partial charge on any atom is -0.490 e. The third kappa shape index (κ3) is 3.89. The minimum absolute atomic E-state index is 0.122. The first-order chi connectivity index (χ1) is 13.2. The van der Waals surface area contributed by atoms with E-state index in [0.717, 1.165) is 25.0 Å². The highest BCUT2D eigenvalue weighted by atomic mass is 16.5. The molecule has 1 aromatic carbocycles. The maximum absolute atomic E-state index is 12.7. The molecule has 0 saturated carbocycles. The summed E-state index contributed by atoms with van der Waals surface area (Å²) < 4.78 is 16.6. The third-order valence-corrected chi connectivity index (χ3v) is 4.83. The number of likely N-dealkylation sites (tertiary alicyclic amines) is 1. The second-order valence-electron chi connectivity index (χ2n) is 6.66. The molecule has 6 nitrogen and oxygen atoms in total. The van der Waals surface area contributed by atoms with E-state index < -0.39 is 0 Å². The normalized spacial score (nSPS) is 15.1. The van der Waals surface area contributed by atoms with Gasteiger partial charge in [0, 0.05) is 32.0 Å². The molecule has 1 saturated heterocycles. The van der Waals surface area contributed by atoms with Crippen LogP contribution >= 0.6 is 0 Å². The Morgan fingerprint density at radius 2 is 2.04 bits per heavy atom. The maximum atomic E-state index is 12.7. The summed E-state index contributed by atoms with van der Waals surface area (Å²) in [5, 5.41) is 3.90. The first-order valence-electron chi connectivity index (χ1n) is 9.28. The Morgan fingerprint density at radius 3 is 2.78 bits per heavy atom. The van der Waals surface area contributed by atoms with Crippen LogP contribution < -0.4 is 4.74 Å². The number of nitrogens with zero attached hydrogens (tertiary/aromatic N) is 2. The van der Waals surface area contributed by atoms with Crippen LogP contribution in [0.25, 0.3) is 11.5 Å². The number of aromatic nitrogens is 1. The Bertz CT molecular complexity index is 893. The van der Waals surface area contributed by atoms with Gasteiger partial charge in [-0.15, -0.1) is 0 Å². The molecule has 0 atom stereocenters. The molecule has 6 heteroatoms. The Balaban J connectivity index is 1.34. The summed E-state index contributed by atoms with van der Waals surface area (Å²) in [6, 6.07) is 13.4. The zero-order chi connectivity index (χ0) is 18.6. The number of ether oxygens (including phenoxy) is 1. The molecule has 4 rings (SSSR count). The van der Waals surface area contributed by atoms with Crippen molar-refractivity contribution in [1.29, 1.82) is 0 Å². The molecule has 3 aromatic rings. The van der Waals surface area contributed by atoms with Crippen LogP contribution in [-0.4, -0.2) is 35.2 Å². The molecule has 0 bridgehead atoms. The Kier molecular flexibility index (Phi) is 4.96. The van der Waals surface area contributed by atoms with Crippen LogP contribution in [0.1, 0.15) is 35.8 Å². The predicted octanol–water partition coefficient (Wildman–Crippen LogP) is 4.18. The van der Waals surface area contributed by atoms with E-state index in [1.165, 1.54) is 5.56 Å². The summed E-state index contributed by atoms with van der Waals surface area (Å²) in [4.78, 5) is 14.5. The number of aryl methyl sites for hydroxylation is 1. The molecule has 140 valence electrons. The molecule has 2 aromatic heterocycles. The minimum atomic E-state index is -0.122. The third-order valence-electron chi connectivity index (χ3n) is 4.83. The number of hydrogen-bond donors (Lipinski definition) is 0. The summed E-state index contributed by atoms with van der Waals surface area (Å²) in [6.45, 7) is 3.41. The highest BCUT2D eigenvalue weighted by molar-refractivity contribution is 5.93. The monoisotopic (exact) mass is 366 g/mol. The van der Waals surface area contributed by atoms with Crippen molar-refractivity contribution >= 4 is 5.91 Å². The van der Waals surface area contributed by atoms with Gasteiger partial charge in [0.25, 0.3) is 5.91 Å². The molecule has 0 radical (unpaired) electrons. The van der Waals surface area contributed by atoms with Crippen molar-refractivity contribution < 1.29 is 18.5 Å². The van der Waals surface area contributed by atoms with Crippen molar-refractivity contribution in [2.24, 2.45) is 0 Å². The van der Waals surface area contributed by atoms with Gasteiger partial charge in [-0.25, -0.2) is 0 Å². The zero-order valence-corrected chi connectivity index (χ0v) is 15.3. The van der Waals surface area contributed by atoms with Crippen molar-refractivity contribution in [3.05, 3.63) is 60.0 Å². The molecule has 0 unspecified atom stereocenters. The molecule has 1 aliphatic rings. The molecule has 0 aliphatic carbocycles. The molecule has 0 spiro atoms. The fourth-order valence-electron chi connectivity index (χ4n) is 3.28. The van der Waals surface area contributed by atoms with Crippen LogP contribution in [0.4, 0.5) is 0 Å². The number of hydrogen-bond acceptors (Lipinski definition) is 5. The summed E-state index contributed by atoms with van der Waals surface area (Å²) in [5.74, 6) is 1.79. The standard InChI is InChI=1S/C21H22N2O4/c1-2-15-5-3-6-17(13-15)26-16-8-10-23(11-9-16)21(24)18-14-20(27-22-18)19-7-4-12-25-19/h3-7,12-14,16H,2,8-11H2,1H3. The van der Waals surface area contributed by atoms with E-state index in [1.807, 2.05) is 12.1 Å². The predicted molar refractivity (Wildman–Crippen MR) is 99.6 cm³/mol. The fourth-order valence-corrected chi connectivity index (χ4v) is 3.28. The highest BCUT2D eigenvalue weighted by Crippen LogP contribution is 2.24. The number of carbonyl (C=O) groups excluding carboxylic acids is 1. The van der Waals surface area contributed by atoms with Gasteiger partial charge in [0.05, 0.1) is 6.26 Å². The van der Waals surface area contributed by atoms with E-state index >= 15 is 0 Å². The van der Waals surface area contributed by atoms with Crippen molar-refractivity contribution in [3.63, 3.8) is 0 Å². The lowest BCUT2D eigenvalue weighted by molar-refractivity contribution is 0.0586. The summed E-state index contributed by atoms with van der Waals surface area (Å²) >= 11 is 0. The number of furan rings is 1. The number of rotatable bonds is 5. The lowest BCUT2D eigenvalue weighted by Gasteiger charge is -2.31. The van der Waals surface area contributed by atoms with Crippen LogP contribution in [0.15, 0.2) is 57.7 Å². The van der Waals surface area contributed by atoms with E-state index in [2.05, 4.69) is 24.2 Å². The average Bonchev–Trinajstić information content (AvgIpc) is 3.40. The summed E-state index contributed by atoms with van der Waals surface area (Å²) in [6.07, 6.45) is 4.26. The van der Waals surface area contributed by atoms with Crippen molar-refractivity contribution in [2.45, 2.75) is 32.3 Å². The molecule has 27 heavy (non-hydrogen) atoms. The van der Waals surface area contributed by atoms with Gasteiger partial charge in [-0.3, -0.25) is 4.79 Å². The SMILES string of the molecule is CCc1cccc(OC2CCN(C(=O)c3cc(-c4ccco4)on3)CC2)c1. The van der Waals surface area contributed by atoms with Gasteiger partial charge in [-0.2, -0.15) is 0 Å². The highest BCUT2D eigenvalue weighted by Gasteiger charge is 2.27. The van der Waals surface area contributed by atoms with Gasteiger partial charge in [-0.1, -0.05) is 24.2 Å². The number of benzene rings is 1. The van der Waals surface area contributed by atoms with E-state index in [4.69, 9.17) is 13.7 Å². The maximum Gasteiger partial charge on any atom is 0.276 e. The first kappa shape index (κ1) is 17.4. The lowest BCUT2D eigenvalue weighted by atomic mass is 10.1. The van der Waals surface area contributed by atoms with Gasteiger partial charge in [0.1, 0.15) is 11.9 Å². The Labute approximate surface area is 157 Å². The van der Waals surface area contributed by atoms with E-state index in [9.17, 15) is 4.79 Å². The summed E-state index contributed by atoms with van der Waals surface area (Å²) in [7, 11) is 0. The van der Waals surface area contributed by atoms with Crippen LogP contribution in [0.2, 0.25) is 0 Å². The average molecular weight is 366 g/mol.